The number of hydrogen-bond acceptors (Lipinski definition) is 2. The van der Waals surface area contributed by atoms with Crippen LogP contribution in [0.25, 0.3) is 6.08 Å². The normalized spacial score (nSPS) is 14.9. The number of aliphatic hydroxyl groups excluding tert-OH is 1. The van der Waals surface area contributed by atoms with Crippen molar-refractivity contribution in [2.45, 2.75) is 169 Å². The van der Waals surface area contributed by atoms with Crippen molar-refractivity contribution in [2.24, 2.45) is 0 Å². The SMILES string of the molecule is CCCCC(C)c1ccc(CC)cc1C=C(O)C(=O)c1c(C(C)CCCC)ccc(C(C)CCCC)c1C(C)CCCC. The highest BCUT2D eigenvalue weighted by Crippen LogP contribution is 2.40. The molecular weight excluding hydrogens is 524 g/mol. The van der Waals surface area contributed by atoms with Crippen molar-refractivity contribution in [3.63, 3.8) is 0 Å². The van der Waals surface area contributed by atoms with Gasteiger partial charge in [-0.1, -0.05) is 144 Å². The quantitative estimate of drug-likeness (QED) is 0.0949. The highest BCUT2D eigenvalue weighted by molar-refractivity contribution is 6.12. The Balaban J connectivity index is 2.80. The van der Waals surface area contributed by atoms with E-state index in [0.717, 1.165) is 80.9 Å². The number of Topliss-reactive ketones (excluding diaryl/α,β-unsaturated/α-hetero) is 1. The van der Waals surface area contributed by atoms with Crippen molar-refractivity contribution < 1.29 is 9.90 Å². The zero-order valence-corrected chi connectivity index (χ0v) is 29.3. The molecule has 240 valence electrons. The molecule has 2 aromatic rings. The van der Waals surface area contributed by atoms with Crippen LogP contribution in [0.2, 0.25) is 0 Å². The molecule has 43 heavy (non-hydrogen) atoms. The van der Waals surface area contributed by atoms with Crippen molar-refractivity contribution in [1.82, 2.24) is 0 Å². The summed E-state index contributed by atoms with van der Waals surface area (Å²) >= 11 is 0. The number of hydrogen-bond donors (Lipinski definition) is 1. The van der Waals surface area contributed by atoms with E-state index in [2.05, 4.69) is 92.6 Å². The average Bonchev–Trinajstić information content (AvgIpc) is 3.02. The first kappa shape index (κ1) is 36.8. The van der Waals surface area contributed by atoms with E-state index < -0.39 is 0 Å². The molecule has 2 heteroatoms. The van der Waals surface area contributed by atoms with Crippen LogP contribution in [0.3, 0.4) is 0 Å². The van der Waals surface area contributed by atoms with Crippen molar-refractivity contribution in [3.8, 4) is 0 Å². The first-order valence-electron chi connectivity index (χ1n) is 17.9. The minimum atomic E-state index is -0.199. The van der Waals surface area contributed by atoms with E-state index in [1.807, 2.05) is 0 Å². The van der Waals surface area contributed by atoms with Crippen LogP contribution < -0.4 is 0 Å². The van der Waals surface area contributed by atoms with Gasteiger partial charge in [-0.2, -0.15) is 0 Å². The number of carbonyl (C=O) groups is 1. The Labute approximate surface area is 265 Å². The van der Waals surface area contributed by atoms with Gasteiger partial charge >= 0.3 is 0 Å². The van der Waals surface area contributed by atoms with E-state index in [9.17, 15) is 9.90 Å². The van der Waals surface area contributed by atoms with Gasteiger partial charge in [-0.25, -0.2) is 0 Å². The summed E-state index contributed by atoms with van der Waals surface area (Å²) in [5.74, 6) is 0.953. The monoisotopic (exact) mass is 588 g/mol. The number of rotatable bonds is 20. The largest absolute Gasteiger partial charge is 0.504 e. The summed E-state index contributed by atoms with van der Waals surface area (Å²) < 4.78 is 0. The molecule has 2 aromatic carbocycles. The molecule has 0 heterocycles. The highest BCUT2D eigenvalue weighted by Gasteiger charge is 2.29. The maximum absolute atomic E-state index is 14.6. The van der Waals surface area contributed by atoms with E-state index >= 15 is 0 Å². The van der Waals surface area contributed by atoms with Crippen LogP contribution in [0, 0.1) is 0 Å². The zero-order chi connectivity index (χ0) is 31.9. The van der Waals surface area contributed by atoms with Gasteiger partial charge in [-0.15, -0.1) is 0 Å². The Morgan fingerprint density at radius 3 is 1.60 bits per heavy atom. The number of ketones is 1. The fourth-order valence-electron chi connectivity index (χ4n) is 6.69. The molecule has 1 N–H and O–H groups in total. The van der Waals surface area contributed by atoms with E-state index in [0.29, 0.717) is 11.8 Å². The fraction of sp³-hybridized carbons (Fsp3) is 0.634. The molecule has 4 atom stereocenters. The molecule has 0 saturated carbocycles. The van der Waals surface area contributed by atoms with Gasteiger partial charge in [-0.3, -0.25) is 4.79 Å². The molecule has 0 aliphatic heterocycles. The third kappa shape index (κ3) is 10.4. The van der Waals surface area contributed by atoms with Gasteiger partial charge in [-0.05, 0) is 95.2 Å². The van der Waals surface area contributed by atoms with Crippen LogP contribution in [0.4, 0.5) is 0 Å². The molecule has 0 saturated heterocycles. The summed E-state index contributed by atoms with van der Waals surface area (Å²) in [6.45, 7) is 20.3. The Kier molecular flexibility index (Phi) is 16.4. The van der Waals surface area contributed by atoms with Gasteiger partial charge in [0, 0.05) is 5.56 Å². The first-order chi connectivity index (χ1) is 20.6. The lowest BCUT2D eigenvalue weighted by Gasteiger charge is -2.28. The standard InChI is InChI=1S/C41H64O2/c1-10-15-19-29(6)35-24-23-33(14-5)27-34(35)28-38(42)41(43)40-37(31(8)21-17-12-3)26-25-36(30(7)20-16-11-2)39(40)32(9)22-18-13-4/h23-32,42H,10-22H2,1-9H3. The maximum atomic E-state index is 14.6. The zero-order valence-electron chi connectivity index (χ0n) is 29.3. The van der Waals surface area contributed by atoms with E-state index in [1.54, 1.807) is 6.08 Å². The molecule has 0 aliphatic carbocycles. The van der Waals surface area contributed by atoms with Crippen LogP contribution >= 0.6 is 0 Å². The third-order valence-electron chi connectivity index (χ3n) is 9.67. The van der Waals surface area contributed by atoms with Crippen molar-refractivity contribution in [3.05, 3.63) is 75.0 Å². The summed E-state index contributed by atoms with van der Waals surface area (Å²) in [6, 6.07) is 11.2. The Morgan fingerprint density at radius 2 is 1.09 bits per heavy atom. The number of unbranched alkanes of at least 4 members (excludes halogenated alkanes) is 4. The minimum Gasteiger partial charge on any atom is -0.504 e. The number of carbonyl (C=O) groups excluding carboxylic acids is 1. The van der Waals surface area contributed by atoms with E-state index in [4.69, 9.17) is 0 Å². The lowest BCUT2D eigenvalue weighted by atomic mass is 9.76. The molecule has 2 rings (SSSR count). The smallest absolute Gasteiger partial charge is 0.227 e. The summed E-state index contributed by atoms with van der Waals surface area (Å²) in [5, 5.41) is 11.7. The van der Waals surface area contributed by atoms with Crippen LogP contribution in [0.1, 0.15) is 207 Å². The molecule has 4 unspecified atom stereocenters. The molecule has 0 fully saturated rings. The minimum absolute atomic E-state index is 0.122. The Bertz CT molecular complexity index is 1160. The second-order valence-electron chi connectivity index (χ2n) is 13.4. The maximum Gasteiger partial charge on any atom is 0.227 e. The van der Waals surface area contributed by atoms with Gasteiger partial charge in [0.05, 0.1) is 0 Å². The first-order valence-corrected chi connectivity index (χ1v) is 17.9. The Morgan fingerprint density at radius 1 is 0.651 bits per heavy atom. The van der Waals surface area contributed by atoms with Crippen LogP contribution in [-0.2, 0) is 6.42 Å². The molecule has 0 amide bonds. The van der Waals surface area contributed by atoms with Gasteiger partial charge in [0.1, 0.15) is 0 Å². The molecule has 0 bridgehead atoms. The van der Waals surface area contributed by atoms with E-state index in [-0.39, 0.29) is 23.4 Å². The molecule has 0 aromatic heterocycles. The van der Waals surface area contributed by atoms with Crippen LogP contribution in [-0.4, -0.2) is 10.9 Å². The topological polar surface area (TPSA) is 37.3 Å². The van der Waals surface area contributed by atoms with Crippen molar-refractivity contribution in [1.29, 1.82) is 0 Å². The van der Waals surface area contributed by atoms with Gasteiger partial charge in [0.15, 0.2) is 5.76 Å². The molecular formula is C41H64O2. The summed E-state index contributed by atoms with van der Waals surface area (Å²) in [7, 11) is 0. The number of allylic oxidation sites excluding steroid dienone is 1. The van der Waals surface area contributed by atoms with E-state index in [1.165, 1.54) is 41.5 Å². The van der Waals surface area contributed by atoms with Crippen LogP contribution in [0.5, 0.6) is 0 Å². The van der Waals surface area contributed by atoms with Gasteiger partial charge in [0.2, 0.25) is 5.78 Å². The second kappa shape index (κ2) is 19.1. The number of aliphatic hydroxyl groups is 1. The van der Waals surface area contributed by atoms with Crippen molar-refractivity contribution in [2.75, 3.05) is 0 Å². The van der Waals surface area contributed by atoms with Crippen molar-refractivity contribution >= 4 is 11.9 Å². The third-order valence-corrected chi connectivity index (χ3v) is 9.67. The van der Waals surface area contributed by atoms with Gasteiger partial charge in [0.25, 0.3) is 0 Å². The number of benzene rings is 2. The highest BCUT2D eigenvalue weighted by atomic mass is 16.3. The average molecular weight is 589 g/mol. The predicted octanol–water partition coefficient (Wildman–Crippen LogP) is 13.2. The molecule has 0 aliphatic rings. The van der Waals surface area contributed by atoms with Crippen LogP contribution in [0.15, 0.2) is 36.1 Å². The van der Waals surface area contributed by atoms with Gasteiger partial charge < -0.3 is 5.11 Å². The predicted molar refractivity (Wildman–Crippen MR) is 189 cm³/mol. The second-order valence-corrected chi connectivity index (χ2v) is 13.4. The fourth-order valence-corrected chi connectivity index (χ4v) is 6.69. The summed E-state index contributed by atoms with van der Waals surface area (Å²) in [4.78, 5) is 14.6. The lowest BCUT2D eigenvalue weighted by molar-refractivity contribution is 0.0977. The molecule has 0 spiro atoms. The molecule has 2 nitrogen and oxygen atoms in total. The summed E-state index contributed by atoms with van der Waals surface area (Å²) in [5.41, 5.74) is 7.84. The molecule has 0 radical (unpaired) electrons. The lowest BCUT2D eigenvalue weighted by Crippen LogP contribution is -2.17. The summed E-state index contributed by atoms with van der Waals surface area (Å²) in [6.07, 6.45) is 16.3. The number of aryl methyl sites for hydroxylation is 1. The Hall–Kier alpha value is -2.35.